The molecular weight excluding hydrogens is 200 g/mol. The van der Waals surface area contributed by atoms with Crippen LogP contribution in [0, 0.1) is 0 Å². The fourth-order valence-corrected chi connectivity index (χ4v) is 1.45. The number of aliphatic hydroxyl groups excluding tert-OH is 2. The first-order valence-electron chi connectivity index (χ1n) is 5.80. The van der Waals surface area contributed by atoms with Gasteiger partial charge in [-0.1, -0.05) is 48.6 Å². The molecule has 0 heterocycles. The first-order valence-corrected chi connectivity index (χ1v) is 5.80. The normalized spacial score (nSPS) is 35.9. The van der Waals surface area contributed by atoms with Crippen LogP contribution in [0.15, 0.2) is 48.6 Å². The van der Waals surface area contributed by atoms with Gasteiger partial charge in [0.1, 0.15) is 0 Å². The minimum atomic E-state index is -0.387. The minimum Gasteiger partial charge on any atom is -0.389 e. The van der Waals surface area contributed by atoms with Gasteiger partial charge >= 0.3 is 0 Å². The largest absolute Gasteiger partial charge is 0.389 e. The van der Waals surface area contributed by atoms with Crippen molar-refractivity contribution < 1.29 is 10.2 Å². The van der Waals surface area contributed by atoms with Crippen LogP contribution in [-0.2, 0) is 0 Å². The van der Waals surface area contributed by atoms with E-state index in [1.165, 1.54) is 0 Å². The van der Waals surface area contributed by atoms with Crippen LogP contribution in [0.3, 0.4) is 0 Å². The molecule has 16 heavy (non-hydrogen) atoms. The van der Waals surface area contributed by atoms with Crippen molar-refractivity contribution in [2.45, 2.75) is 37.9 Å². The van der Waals surface area contributed by atoms with Gasteiger partial charge in [0.25, 0.3) is 0 Å². The summed E-state index contributed by atoms with van der Waals surface area (Å²) in [5, 5.41) is 19.1. The molecule has 2 nitrogen and oxygen atoms in total. The molecule has 1 aliphatic carbocycles. The third-order valence-corrected chi connectivity index (χ3v) is 2.35. The molecule has 0 bridgehead atoms. The molecule has 0 aliphatic heterocycles. The van der Waals surface area contributed by atoms with Gasteiger partial charge in [-0.25, -0.2) is 0 Å². The molecule has 2 heteroatoms. The molecular formula is C14H20O2. The van der Waals surface area contributed by atoms with Crippen molar-refractivity contribution in [3.05, 3.63) is 48.6 Å². The van der Waals surface area contributed by atoms with E-state index in [0.717, 1.165) is 12.8 Å². The molecule has 1 rings (SSSR count). The monoisotopic (exact) mass is 220 g/mol. The van der Waals surface area contributed by atoms with Crippen LogP contribution in [0.2, 0.25) is 0 Å². The third-order valence-electron chi connectivity index (χ3n) is 2.35. The van der Waals surface area contributed by atoms with Gasteiger partial charge in [-0.3, -0.25) is 0 Å². The molecule has 2 N–H and O–H groups in total. The minimum absolute atomic E-state index is 0.387. The highest BCUT2D eigenvalue weighted by Gasteiger charge is 1.95. The molecule has 0 spiro atoms. The fourth-order valence-electron chi connectivity index (χ4n) is 1.45. The molecule has 0 saturated heterocycles. The Morgan fingerprint density at radius 1 is 0.688 bits per heavy atom. The molecule has 0 saturated carbocycles. The number of aliphatic hydroxyl groups is 2. The third kappa shape index (κ3) is 6.38. The summed E-state index contributed by atoms with van der Waals surface area (Å²) in [4.78, 5) is 0. The summed E-state index contributed by atoms with van der Waals surface area (Å²) in [7, 11) is 0. The Morgan fingerprint density at radius 2 is 1.12 bits per heavy atom. The van der Waals surface area contributed by atoms with E-state index in [9.17, 15) is 10.2 Å². The van der Waals surface area contributed by atoms with E-state index in [4.69, 9.17) is 0 Å². The summed E-state index contributed by atoms with van der Waals surface area (Å²) in [5.41, 5.74) is 0. The van der Waals surface area contributed by atoms with Crippen LogP contribution in [-0.4, -0.2) is 22.4 Å². The predicted octanol–water partition coefficient (Wildman–Crippen LogP) is 2.51. The lowest BCUT2D eigenvalue weighted by molar-refractivity contribution is 0.225. The van der Waals surface area contributed by atoms with E-state index in [0.29, 0.717) is 12.8 Å². The zero-order chi connectivity index (χ0) is 11.6. The Kier molecular flexibility index (Phi) is 6.54. The van der Waals surface area contributed by atoms with Gasteiger partial charge in [0, 0.05) is 0 Å². The molecule has 88 valence electrons. The number of rotatable bonds is 0. The first-order chi connectivity index (χ1) is 7.79. The second-order valence-electron chi connectivity index (χ2n) is 3.90. The molecule has 2 unspecified atom stereocenters. The Morgan fingerprint density at radius 3 is 1.56 bits per heavy atom. The van der Waals surface area contributed by atoms with Crippen molar-refractivity contribution in [1.29, 1.82) is 0 Å². The summed E-state index contributed by atoms with van der Waals surface area (Å²) < 4.78 is 0. The van der Waals surface area contributed by atoms with Crippen molar-refractivity contribution in [2.24, 2.45) is 0 Å². The SMILES string of the molecule is OC1/C=C/CC/C=C/C(O)C/C=C\C=C/C1. The molecule has 0 fully saturated rings. The number of allylic oxidation sites excluding steroid dienone is 4. The van der Waals surface area contributed by atoms with E-state index in [2.05, 4.69) is 0 Å². The smallest absolute Gasteiger partial charge is 0.0755 e. The van der Waals surface area contributed by atoms with Crippen molar-refractivity contribution >= 4 is 0 Å². The van der Waals surface area contributed by atoms with E-state index >= 15 is 0 Å². The molecule has 0 aromatic heterocycles. The highest BCUT2D eigenvalue weighted by Crippen LogP contribution is 2.03. The van der Waals surface area contributed by atoms with Gasteiger partial charge in [0.15, 0.2) is 0 Å². The van der Waals surface area contributed by atoms with Gasteiger partial charge in [0.2, 0.25) is 0 Å². The second-order valence-corrected chi connectivity index (χ2v) is 3.90. The summed E-state index contributed by atoms with van der Waals surface area (Å²) in [6.07, 6.45) is 17.6. The van der Waals surface area contributed by atoms with E-state index in [1.54, 1.807) is 0 Å². The maximum absolute atomic E-state index is 9.54. The Hall–Kier alpha value is -1.12. The lowest BCUT2D eigenvalue weighted by atomic mass is 10.1. The van der Waals surface area contributed by atoms with Crippen LogP contribution in [0.4, 0.5) is 0 Å². The van der Waals surface area contributed by atoms with Gasteiger partial charge in [0.05, 0.1) is 12.2 Å². The van der Waals surface area contributed by atoms with Crippen LogP contribution in [0.1, 0.15) is 25.7 Å². The molecule has 0 aromatic rings. The zero-order valence-electron chi connectivity index (χ0n) is 9.50. The van der Waals surface area contributed by atoms with Gasteiger partial charge < -0.3 is 10.2 Å². The highest BCUT2D eigenvalue weighted by atomic mass is 16.3. The molecule has 0 amide bonds. The molecule has 1 aliphatic rings. The highest BCUT2D eigenvalue weighted by molar-refractivity contribution is 5.06. The van der Waals surface area contributed by atoms with Crippen molar-refractivity contribution in [3.63, 3.8) is 0 Å². The zero-order valence-corrected chi connectivity index (χ0v) is 9.50. The van der Waals surface area contributed by atoms with E-state index in [1.807, 2.05) is 48.6 Å². The lowest BCUT2D eigenvalue weighted by Gasteiger charge is -2.02. The molecule has 0 aromatic carbocycles. The van der Waals surface area contributed by atoms with Crippen molar-refractivity contribution in [1.82, 2.24) is 0 Å². The van der Waals surface area contributed by atoms with Crippen molar-refractivity contribution in [3.8, 4) is 0 Å². The average molecular weight is 220 g/mol. The number of hydrogen-bond donors (Lipinski definition) is 2. The predicted molar refractivity (Wildman–Crippen MR) is 67.0 cm³/mol. The maximum atomic E-state index is 9.54. The van der Waals surface area contributed by atoms with Crippen LogP contribution >= 0.6 is 0 Å². The van der Waals surface area contributed by atoms with Crippen LogP contribution < -0.4 is 0 Å². The summed E-state index contributed by atoms with van der Waals surface area (Å²) in [6.45, 7) is 0. The second kappa shape index (κ2) is 8.08. The molecule has 0 radical (unpaired) electrons. The Bertz CT molecular complexity index is 257. The van der Waals surface area contributed by atoms with Gasteiger partial charge in [-0.15, -0.1) is 0 Å². The first kappa shape index (κ1) is 12.9. The Balaban J connectivity index is 2.53. The fraction of sp³-hybridized carbons (Fsp3) is 0.429. The summed E-state index contributed by atoms with van der Waals surface area (Å²) in [5.74, 6) is 0. The van der Waals surface area contributed by atoms with E-state index < -0.39 is 0 Å². The molecule has 2 atom stereocenters. The summed E-state index contributed by atoms with van der Waals surface area (Å²) in [6, 6.07) is 0. The average Bonchev–Trinajstić information content (AvgIpc) is 2.27. The van der Waals surface area contributed by atoms with Crippen LogP contribution in [0.25, 0.3) is 0 Å². The lowest BCUT2D eigenvalue weighted by Crippen LogP contribution is -2.00. The maximum Gasteiger partial charge on any atom is 0.0755 e. The standard InChI is InChI=1S/C14H20O2/c15-13-9-5-1-2-6-10-14(16)12-8-4-3-7-11-13/h1-2,5-8,11-16H,3-4,9-10H2/b5-1-,6-2-,11-7+,12-8+. The number of hydrogen-bond acceptors (Lipinski definition) is 2. The Labute approximate surface area is 97.3 Å². The van der Waals surface area contributed by atoms with Gasteiger partial charge in [-0.05, 0) is 25.7 Å². The van der Waals surface area contributed by atoms with Crippen molar-refractivity contribution in [2.75, 3.05) is 0 Å². The van der Waals surface area contributed by atoms with Crippen LogP contribution in [0.5, 0.6) is 0 Å². The van der Waals surface area contributed by atoms with E-state index in [-0.39, 0.29) is 12.2 Å². The quantitative estimate of drug-likeness (QED) is 0.616. The van der Waals surface area contributed by atoms with Gasteiger partial charge in [-0.2, -0.15) is 0 Å². The topological polar surface area (TPSA) is 40.5 Å². The summed E-state index contributed by atoms with van der Waals surface area (Å²) >= 11 is 0.